The zero-order chi connectivity index (χ0) is 29.4. The summed E-state index contributed by atoms with van der Waals surface area (Å²) in [5.41, 5.74) is -0.0311. The van der Waals surface area contributed by atoms with E-state index in [1.807, 2.05) is 46.6 Å². The summed E-state index contributed by atoms with van der Waals surface area (Å²) in [6.07, 6.45) is 4.07. The number of hydrazine groups is 1. The summed E-state index contributed by atoms with van der Waals surface area (Å²) in [7, 11) is 4.32. The Morgan fingerprint density at radius 2 is 1.16 bits per heavy atom. The summed E-state index contributed by atoms with van der Waals surface area (Å²) in [4.78, 5) is 14.3. The molecule has 37 heavy (non-hydrogen) atoms. The Bertz CT molecular complexity index is 709. The summed E-state index contributed by atoms with van der Waals surface area (Å²) >= 11 is 0. The third-order valence-electron chi connectivity index (χ3n) is 7.39. The molecule has 3 unspecified atom stereocenters. The summed E-state index contributed by atoms with van der Waals surface area (Å²) in [5, 5.41) is 9.31. The van der Waals surface area contributed by atoms with Gasteiger partial charge in [-0.2, -0.15) is 0 Å². The van der Waals surface area contributed by atoms with Gasteiger partial charge in [-0.25, -0.2) is 15.0 Å². The van der Waals surface area contributed by atoms with Gasteiger partial charge in [0, 0.05) is 48.8 Å². The molecule has 4 N–H and O–H groups in total. The van der Waals surface area contributed by atoms with E-state index in [1.54, 1.807) is 0 Å². The highest BCUT2D eigenvalue weighted by molar-refractivity contribution is 6.00. The van der Waals surface area contributed by atoms with Gasteiger partial charge in [0.25, 0.3) is 0 Å². The molecule has 8 heteroatoms. The van der Waals surface area contributed by atoms with E-state index in [-0.39, 0.29) is 22.8 Å². The molecular weight excluding hydrogens is 460 g/mol. The predicted octanol–water partition coefficient (Wildman–Crippen LogP) is 5.40. The highest BCUT2D eigenvalue weighted by atomic mass is 15.5. The molecule has 0 aliphatic carbocycles. The van der Waals surface area contributed by atoms with Crippen LogP contribution in [0.1, 0.15) is 123 Å². The molecule has 2 fully saturated rings. The van der Waals surface area contributed by atoms with Crippen molar-refractivity contribution < 1.29 is 0 Å². The summed E-state index contributed by atoms with van der Waals surface area (Å²) in [6.45, 7) is 29.8. The summed E-state index contributed by atoms with van der Waals surface area (Å²) in [5.74, 6) is 8.30. The van der Waals surface area contributed by atoms with Crippen LogP contribution in [0.2, 0.25) is 0 Å². The van der Waals surface area contributed by atoms with Crippen molar-refractivity contribution in [2.24, 2.45) is 15.8 Å². The Hall–Kier alpha value is -1.38. The summed E-state index contributed by atoms with van der Waals surface area (Å²) < 4.78 is 0. The number of hydrogen-bond donors (Lipinski definition) is 3. The fraction of sp³-hybridized carbons (Fsp3) is 0.931. The predicted molar refractivity (Wildman–Crippen MR) is 164 cm³/mol. The number of nitrogens with one attached hydrogen (secondary N) is 2. The third-order valence-corrected chi connectivity index (χ3v) is 7.39. The minimum atomic E-state index is -0.0982. The van der Waals surface area contributed by atoms with Crippen molar-refractivity contribution in [2.75, 3.05) is 14.1 Å². The SMILES string of the molecule is CC.CC.CC.CC1N=C(N(C)C2CC(C)NC(C)(C)C2)NC(N(C)C2CC(C)(C)N(N)C(C)(C)C2)=N1. The van der Waals surface area contributed by atoms with Crippen LogP contribution in [-0.2, 0) is 0 Å². The van der Waals surface area contributed by atoms with E-state index < -0.39 is 0 Å². The first-order chi connectivity index (χ1) is 17.1. The average molecular weight is 525 g/mol. The van der Waals surface area contributed by atoms with E-state index in [4.69, 9.17) is 15.8 Å². The minimum absolute atomic E-state index is 0.0773. The monoisotopic (exact) mass is 525 g/mol. The van der Waals surface area contributed by atoms with Crippen LogP contribution in [0, 0.1) is 0 Å². The van der Waals surface area contributed by atoms with Crippen molar-refractivity contribution in [3.8, 4) is 0 Å². The maximum absolute atomic E-state index is 6.47. The zero-order valence-corrected chi connectivity index (χ0v) is 27.5. The molecule has 0 spiro atoms. The molecule has 0 radical (unpaired) electrons. The molecule has 0 aromatic carbocycles. The highest BCUT2D eigenvalue weighted by Crippen LogP contribution is 2.37. The lowest BCUT2D eigenvalue weighted by Crippen LogP contribution is -2.68. The van der Waals surface area contributed by atoms with Gasteiger partial charge in [-0.15, -0.1) is 0 Å². The molecule has 8 nitrogen and oxygen atoms in total. The summed E-state index contributed by atoms with van der Waals surface area (Å²) in [6, 6.07) is 1.28. The van der Waals surface area contributed by atoms with Crippen LogP contribution < -0.4 is 16.5 Å². The molecule has 220 valence electrons. The van der Waals surface area contributed by atoms with Crippen molar-refractivity contribution in [3.05, 3.63) is 0 Å². The molecule has 3 atom stereocenters. The molecule has 3 rings (SSSR count). The number of nitrogens with zero attached hydrogens (tertiary/aromatic N) is 5. The van der Waals surface area contributed by atoms with Gasteiger partial charge in [0.1, 0.15) is 6.17 Å². The van der Waals surface area contributed by atoms with Crippen LogP contribution in [0.5, 0.6) is 0 Å². The van der Waals surface area contributed by atoms with E-state index >= 15 is 0 Å². The van der Waals surface area contributed by atoms with Crippen LogP contribution >= 0.6 is 0 Å². The van der Waals surface area contributed by atoms with Crippen molar-refractivity contribution in [1.82, 2.24) is 25.4 Å². The number of hydrogen-bond acceptors (Lipinski definition) is 8. The van der Waals surface area contributed by atoms with Crippen molar-refractivity contribution in [2.45, 2.75) is 164 Å². The second-order valence-electron chi connectivity index (χ2n) is 12.0. The van der Waals surface area contributed by atoms with Crippen LogP contribution in [0.4, 0.5) is 0 Å². The zero-order valence-electron chi connectivity index (χ0n) is 27.5. The van der Waals surface area contributed by atoms with E-state index in [2.05, 4.69) is 89.9 Å². The fourth-order valence-corrected chi connectivity index (χ4v) is 5.93. The Morgan fingerprint density at radius 1 is 0.757 bits per heavy atom. The van der Waals surface area contributed by atoms with Gasteiger partial charge in [-0.1, -0.05) is 41.5 Å². The molecule has 3 aliphatic rings. The van der Waals surface area contributed by atoms with Crippen molar-refractivity contribution in [3.63, 3.8) is 0 Å². The molecule has 0 aromatic heterocycles. The Balaban J connectivity index is 0.00000201. The maximum atomic E-state index is 6.47. The molecule has 0 bridgehead atoms. The van der Waals surface area contributed by atoms with Crippen LogP contribution in [-0.4, -0.2) is 81.7 Å². The second-order valence-corrected chi connectivity index (χ2v) is 12.0. The van der Waals surface area contributed by atoms with E-state index in [9.17, 15) is 0 Å². The molecular formula is C29H64N8. The first kappa shape index (κ1) is 35.6. The lowest BCUT2D eigenvalue weighted by Gasteiger charge is -2.54. The van der Waals surface area contributed by atoms with Crippen molar-refractivity contribution >= 4 is 11.9 Å². The van der Waals surface area contributed by atoms with Gasteiger partial charge in [0.15, 0.2) is 0 Å². The van der Waals surface area contributed by atoms with Crippen molar-refractivity contribution in [1.29, 1.82) is 0 Å². The number of guanidine groups is 2. The minimum Gasteiger partial charge on any atom is -0.343 e. The number of nitrogens with two attached hydrogens (primary N) is 1. The largest absolute Gasteiger partial charge is 0.343 e. The molecule has 0 saturated carbocycles. The van der Waals surface area contributed by atoms with Gasteiger partial charge in [-0.05, 0) is 81.1 Å². The standard InChI is InChI=1S/C23H46N8.3C2H6/c1-15-11-17(12-21(3,4)28-15)29(9)19-25-16(2)26-20(27-19)30(10)18-13-22(5,6)31(24)23(7,8)14-18;3*1-2/h15-18,28H,11-14,24H2,1-10H3,(H,25,26,27);3*1-2H3. The molecule has 2 saturated heterocycles. The van der Waals surface area contributed by atoms with Gasteiger partial charge in [-0.3, -0.25) is 11.2 Å². The number of piperidine rings is 2. The first-order valence-electron chi connectivity index (χ1n) is 14.8. The quantitative estimate of drug-likeness (QED) is 0.419. The van der Waals surface area contributed by atoms with Gasteiger partial charge in [0.05, 0.1) is 0 Å². The van der Waals surface area contributed by atoms with E-state index in [0.717, 1.165) is 37.6 Å². The molecule has 3 heterocycles. The van der Waals surface area contributed by atoms with Crippen LogP contribution in [0.15, 0.2) is 9.98 Å². The van der Waals surface area contributed by atoms with E-state index in [1.165, 1.54) is 0 Å². The molecule has 0 amide bonds. The van der Waals surface area contributed by atoms with Crippen LogP contribution in [0.25, 0.3) is 0 Å². The normalized spacial score (nSPS) is 28.3. The number of aliphatic imine (C=N–C) groups is 2. The second kappa shape index (κ2) is 14.7. The average Bonchev–Trinajstić information content (AvgIpc) is 2.83. The lowest BCUT2D eigenvalue weighted by atomic mass is 9.78. The van der Waals surface area contributed by atoms with E-state index in [0.29, 0.717) is 18.1 Å². The Morgan fingerprint density at radius 3 is 1.57 bits per heavy atom. The lowest BCUT2D eigenvalue weighted by molar-refractivity contribution is -0.0538. The molecule has 3 aliphatic heterocycles. The van der Waals surface area contributed by atoms with Gasteiger partial charge >= 0.3 is 0 Å². The van der Waals surface area contributed by atoms with Gasteiger partial charge < -0.3 is 15.1 Å². The highest BCUT2D eigenvalue weighted by Gasteiger charge is 2.46. The Labute approximate surface area is 230 Å². The number of rotatable bonds is 2. The topological polar surface area (TPSA) is 84.5 Å². The van der Waals surface area contributed by atoms with Gasteiger partial charge in [0.2, 0.25) is 11.9 Å². The first-order valence-corrected chi connectivity index (χ1v) is 14.8. The maximum Gasteiger partial charge on any atom is 0.202 e. The Kier molecular flexibility index (Phi) is 14.1. The third kappa shape index (κ3) is 9.39. The fourth-order valence-electron chi connectivity index (χ4n) is 5.93. The van der Waals surface area contributed by atoms with Crippen LogP contribution in [0.3, 0.4) is 0 Å². The molecule has 0 aromatic rings. The smallest absolute Gasteiger partial charge is 0.202 e.